The molecule has 2 unspecified atom stereocenters. The molecule has 0 heterocycles. The van der Waals surface area contributed by atoms with E-state index in [0.29, 0.717) is 11.3 Å². The molecule has 0 bridgehead atoms. The summed E-state index contributed by atoms with van der Waals surface area (Å²) in [5, 5.41) is 14.4. The molecule has 2 rings (SSSR count). The van der Waals surface area contributed by atoms with Gasteiger partial charge in [-0.25, -0.2) is 0 Å². The van der Waals surface area contributed by atoms with Gasteiger partial charge in [0.25, 0.3) is 5.69 Å². The van der Waals surface area contributed by atoms with Gasteiger partial charge in [-0.05, 0) is 32.3 Å². The average Bonchev–Trinajstić information content (AvgIpc) is 2.76. The molecule has 1 saturated carbocycles. The first-order valence-corrected chi connectivity index (χ1v) is 6.15. The highest BCUT2D eigenvalue weighted by molar-refractivity contribution is 5.65. The third kappa shape index (κ3) is 2.61. The summed E-state index contributed by atoms with van der Waals surface area (Å²) in [7, 11) is 1.71. The summed E-state index contributed by atoms with van der Waals surface area (Å²) in [6.45, 7) is 1.76. The van der Waals surface area contributed by atoms with Gasteiger partial charge in [0.2, 0.25) is 0 Å². The van der Waals surface area contributed by atoms with Gasteiger partial charge in [0.15, 0.2) is 0 Å². The van der Waals surface area contributed by atoms with E-state index in [1.165, 1.54) is 0 Å². The number of methoxy groups -OCH3 is 1. The number of para-hydroxylation sites is 1. The minimum Gasteiger partial charge on any atom is -0.381 e. The molecule has 2 atom stereocenters. The predicted molar refractivity (Wildman–Crippen MR) is 69.9 cm³/mol. The number of rotatable bonds is 4. The first-order valence-electron chi connectivity index (χ1n) is 6.15. The molecule has 18 heavy (non-hydrogen) atoms. The number of anilines is 1. The van der Waals surface area contributed by atoms with Crippen molar-refractivity contribution in [3.63, 3.8) is 0 Å². The molecule has 1 N–H and O–H groups in total. The largest absolute Gasteiger partial charge is 0.381 e. The number of nitro benzene ring substituents is 1. The van der Waals surface area contributed by atoms with Crippen molar-refractivity contribution in [1.82, 2.24) is 0 Å². The molecule has 1 aromatic rings. The fourth-order valence-electron chi connectivity index (χ4n) is 2.52. The minimum absolute atomic E-state index is 0.179. The fourth-order valence-corrected chi connectivity index (χ4v) is 2.52. The Balaban J connectivity index is 2.15. The number of benzene rings is 1. The number of nitro groups is 1. The van der Waals surface area contributed by atoms with Gasteiger partial charge in [-0.2, -0.15) is 0 Å². The highest BCUT2D eigenvalue weighted by atomic mass is 16.6. The van der Waals surface area contributed by atoms with Gasteiger partial charge in [-0.15, -0.1) is 0 Å². The maximum Gasteiger partial charge on any atom is 0.295 e. The van der Waals surface area contributed by atoms with E-state index in [1.807, 2.05) is 6.07 Å². The molecule has 0 aromatic heterocycles. The Hall–Kier alpha value is -1.62. The fraction of sp³-hybridized carbons (Fsp3) is 0.538. The zero-order valence-corrected chi connectivity index (χ0v) is 10.7. The molecule has 1 aromatic carbocycles. The Morgan fingerprint density at radius 2 is 2.22 bits per heavy atom. The van der Waals surface area contributed by atoms with Crippen LogP contribution in [-0.4, -0.2) is 24.2 Å². The molecular weight excluding hydrogens is 232 g/mol. The Morgan fingerprint density at radius 3 is 2.83 bits per heavy atom. The van der Waals surface area contributed by atoms with Crippen LogP contribution in [0.15, 0.2) is 18.2 Å². The number of nitrogens with zero attached hydrogens (tertiary/aromatic N) is 1. The van der Waals surface area contributed by atoms with Crippen LogP contribution >= 0.6 is 0 Å². The van der Waals surface area contributed by atoms with E-state index in [1.54, 1.807) is 26.2 Å². The van der Waals surface area contributed by atoms with Crippen LogP contribution in [0.2, 0.25) is 0 Å². The summed E-state index contributed by atoms with van der Waals surface area (Å²) < 4.78 is 5.31. The molecule has 0 saturated heterocycles. The predicted octanol–water partition coefficient (Wildman–Crippen LogP) is 2.88. The van der Waals surface area contributed by atoms with Crippen molar-refractivity contribution in [2.24, 2.45) is 0 Å². The summed E-state index contributed by atoms with van der Waals surface area (Å²) in [6, 6.07) is 5.63. The van der Waals surface area contributed by atoms with Crippen LogP contribution in [0.3, 0.4) is 0 Å². The van der Waals surface area contributed by atoms with Crippen LogP contribution in [0, 0.1) is 17.0 Å². The first-order chi connectivity index (χ1) is 8.61. The number of nitrogens with one attached hydrogen (secondary N) is 1. The van der Waals surface area contributed by atoms with Crippen LogP contribution in [0.1, 0.15) is 24.8 Å². The molecule has 5 nitrogen and oxygen atoms in total. The lowest BCUT2D eigenvalue weighted by Crippen LogP contribution is -2.18. The van der Waals surface area contributed by atoms with E-state index in [-0.39, 0.29) is 22.8 Å². The minimum atomic E-state index is -0.319. The van der Waals surface area contributed by atoms with E-state index in [0.717, 1.165) is 19.3 Å². The SMILES string of the molecule is COC1CCC(Nc2cccc(C)c2[N+](=O)[O-])C1. The van der Waals surface area contributed by atoms with E-state index in [2.05, 4.69) is 5.32 Å². The molecule has 0 aliphatic heterocycles. The number of hydrogen-bond acceptors (Lipinski definition) is 4. The Bertz CT molecular complexity index is 448. The van der Waals surface area contributed by atoms with Crippen molar-refractivity contribution in [2.75, 3.05) is 12.4 Å². The lowest BCUT2D eigenvalue weighted by Gasteiger charge is -2.15. The van der Waals surface area contributed by atoms with Gasteiger partial charge in [0.05, 0.1) is 11.0 Å². The van der Waals surface area contributed by atoms with E-state index in [9.17, 15) is 10.1 Å². The topological polar surface area (TPSA) is 64.4 Å². The second-order valence-electron chi connectivity index (χ2n) is 4.74. The van der Waals surface area contributed by atoms with Crippen LogP contribution in [0.4, 0.5) is 11.4 Å². The van der Waals surface area contributed by atoms with Gasteiger partial charge in [0, 0.05) is 18.7 Å². The van der Waals surface area contributed by atoms with E-state index >= 15 is 0 Å². The maximum atomic E-state index is 11.1. The third-order valence-electron chi connectivity index (χ3n) is 3.50. The van der Waals surface area contributed by atoms with Crippen molar-refractivity contribution in [3.8, 4) is 0 Å². The molecule has 1 aliphatic carbocycles. The Kier molecular flexibility index (Phi) is 3.81. The molecule has 98 valence electrons. The summed E-state index contributed by atoms with van der Waals surface area (Å²) in [4.78, 5) is 10.8. The summed E-state index contributed by atoms with van der Waals surface area (Å²) in [5.74, 6) is 0. The number of hydrogen-bond donors (Lipinski definition) is 1. The lowest BCUT2D eigenvalue weighted by atomic mass is 10.1. The number of ether oxygens (including phenoxy) is 1. The van der Waals surface area contributed by atoms with Gasteiger partial charge in [-0.1, -0.05) is 12.1 Å². The standard InChI is InChI=1S/C13H18N2O3/c1-9-4-3-5-12(13(9)15(16)17)14-10-6-7-11(8-10)18-2/h3-5,10-11,14H,6-8H2,1-2H3. The summed E-state index contributed by atoms with van der Waals surface area (Å²) >= 11 is 0. The molecular formula is C13H18N2O3. The van der Waals surface area contributed by atoms with Gasteiger partial charge in [0.1, 0.15) is 5.69 Å². The summed E-state index contributed by atoms with van der Waals surface area (Å²) in [6.07, 6.45) is 3.17. The maximum absolute atomic E-state index is 11.1. The zero-order valence-electron chi connectivity index (χ0n) is 10.7. The van der Waals surface area contributed by atoms with Gasteiger partial charge in [-0.3, -0.25) is 10.1 Å². The van der Waals surface area contributed by atoms with Crippen LogP contribution < -0.4 is 5.32 Å². The van der Waals surface area contributed by atoms with Gasteiger partial charge >= 0.3 is 0 Å². The van der Waals surface area contributed by atoms with Crippen molar-refractivity contribution in [3.05, 3.63) is 33.9 Å². The second kappa shape index (κ2) is 5.35. The van der Waals surface area contributed by atoms with Crippen LogP contribution in [0.25, 0.3) is 0 Å². The highest BCUT2D eigenvalue weighted by Gasteiger charge is 2.26. The van der Waals surface area contributed by atoms with Crippen LogP contribution in [-0.2, 0) is 4.74 Å². The van der Waals surface area contributed by atoms with Crippen molar-refractivity contribution < 1.29 is 9.66 Å². The van der Waals surface area contributed by atoms with E-state index < -0.39 is 0 Å². The first kappa shape index (κ1) is 12.8. The van der Waals surface area contributed by atoms with Gasteiger partial charge < -0.3 is 10.1 Å². The zero-order chi connectivity index (χ0) is 13.1. The lowest BCUT2D eigenvalue weighted by molar-refractivity contribution is -0.384. The van der Waals surface area contributed by atoms with Crippen molar-refractivity contribution >= 4 is 11.4 Å². The molecule has 1 fully saturated rings. The monoisotopic (exact) mass is 250 g/mol. The molecule has 0 amide bonds. The quantitative estimate of drug-likeness (QED) is 0.659. The molecule has 0 radical (unpaired) electrons. The highest BCUT2D eigenvalue weighted by Crippen LogP contribution is 2.31. The summed E-state index contributed by atoms with van der Waals surface area (Å²) in [5.41, 5.74) is 1.48. The normalized spacial score (nSPS) is 23.0. The van der Waals surface area contributed by atoms with E-state index in [4.69, 9.17) is 4.74 Å². The average molecular weight is 250 g/mol. The molecule has 1 aliphatic rings. The number of aryl methyl sites for hydroxylation is 1. The molecule has 0 spiro atoms. The Morgan fingerprint density at radius 1 is 1.44 bits per heavy atom. The van der Waals surface area contributed by atoms with Crippen molar-refractivity contribution in [2.45, 2.75) is 38.3 Å². The molecule has 5 heteroatoms. The third-order valence-corrected chi connectivity index (χ3v) is 3.50. The second-order valence-corrected chi connectivity index (χ2v) is 4.74. The van der Waals surface area contributed by atoms with Crippen LogP contribution in [0.5, 0.6) is 0 Å². The van der Waals surface area contributed by atoms with Crippen molar-refractivity contribution in [1.29, 1.82) is 0 Å². The smallest absolute Gasteiger partial charge is 0.295 e. The Labute approximate surface area is 106 Å².